The number of hydrogen-bond donors (Lipinski definition) is 1. The fraction of sp³-hybridized carbons (Fsp3) is 0.667. The molecule has 0 heterocycles. The van der Waals surface area contributed by atoms with E-state index in [1.165, 1.54) is 24.8 Å². The molecule has 1 heteroatoms. The Labute approximate surface area is 118 Å². The van der Waals surface area contributed by atoms with Crippen LogP contribution in [0.1, 0.15) is 58.6 Å². The van der Waals surface area contributed by atoms with E-state index in [1.54, 1.807) is 0 Å². The molecule has 0 spiro atoms. The van der Waals surface area contributed by atoms with Crippen molar-refractivity contribution in [2.75, 3.05) is 0 Å². The lowest BCUT2D eigenvalue weighted by molar-refractivity contribution is 0.316. The molecule has 1 fully saturated rings. The molecular weight excluding hydrogens is 230 g/mol. The Morgan fingerprint density at radius 1 is 1.11 bits per heavy atom. The minimum absolute atomic E-state index is 0.513. The summed E-state index contributed by atoms with van der Waals surface area (Å²) in [5.41, 5.74) is 1.45. The average Bonchev–Trinajstić information content (AvgIpc) is 2.70. The van der Waals surface area contributed by atoms with Crippen molar-refractivity contribution in [3.8, 4) is 0 Å². The van der Waals surface area contributed by atoms with E-state index in [9.17, 15) is 0 Å². The van der Waals surface area contributed by atoms with Crippen molar-refractivity contribution in [3.05, 3.63) is 35.9 Å². The molecule has 1 nitrogen and oxygen atoms in total. The zero-order chi connectivity index (χ0) is 13.8. The Morgan fingerprint density at radius 2 is 1.79 bits per heavy atom. The molecule has 19 heavy (non-hydrogen) atoms. The first-order valence-corrected chi connectivity index (χ1v) is 7.89. The molecule has 4 unspecified atom stereocenters. The molecule has 2 rings (SSSR count). The summed E-state index contributed by atoms with van der Waals surface area (Å²) in [4.78, 5) is 0. The molecule has 1 saturated carbocycles. The largest absolute Gasteiger partial charge is 0.307 e. The molecule has 0 amide bonds. The molecule has 0 saturated heterocycles. The van der Waals surface area contributed by atoms with E-state index in [0.29, 0.717) is 12.1 Å². The van der Waals surface area contributed by atoms with Crippen LogP contribution in [0.2, 0.25) is 0 Å². The van der Waals surface area contributed by atoms with E-state index in [-0.39, 0.29) is 0 Å². The fourth-order valence-electron chi connectivity index (χ4n) is 3.32. The normalized spacial score (nSPS) is 28.8. The topological polar surface area (TPSA) is 12.0 Å². The van der Waals surface area contributed by atoms with Crippen molar-refractivity contribution < 1.29 is 0 Å². The van der Waals surface area contributed by atoms with Gasteiger partial charge in [-0.15, -0.1) is 0 Å². The molecule has 106 valence electrons. The molecule has 1 aliphatic carbocycles. The minimum atomic E-state index is 0.513. The van der Waals surface area contributed by atoms with Crippen LogP contribution < -0.4 is 5.32 Å². The third kappa shape index (κ3) is 3.82. The lowest BCUT2D eigenvalue weighted by atomic mass is 9.93. The van der Waals surface area contributed by atoms with E-state index >= 15 is 0 Å². The molecule has 1 aromatic carbocycles. The lowest BCUT2D eigenvalue weighted by Crippen LogP contribution is -2.36. The van der Waals surface area contributed by atoms with Crippen molar-refractivity contribution >= 4 is 0 Å². The molecule has 0 radical (unpaired) electrons. The van der Waals surface area contributed by atoms with Crippen molar-refractivity contribution in [2.45, 2.75) is 59.0 Å². The summed E-state index contributed by atoms with van der Waals surface area (Å²) in [7, 11) is 0. The highest BCUT2D eigenvalue weighted by Crippen LogP contribution is 2.33. The van der Waals surface area contributed by atoms with E-state index < -0.39 is 0 Å². The number of nitrogens with one attached hydrogen (secondary N) is 1. The van der Waals surface area contributed by atoms with Crippen molar-refractivity contribution in [2.24, 2.45) is 17.8 Å². The third-order valence-corrected chi connectivity index (χ3v) is 4.79. The van der Waals surface area contributed by atoms with Gasteiger partial charge in [-0.1, -0.05) is 58.0 Å². The van der Waals surface area contributed by atoms with Crippen molar-refractivity contribution in [1.29, 1.82) is 0 Å². The highest BCUT2D eigenvalue weighted by Gasteiger charge is 2.31. The summed E-state index contributed by atoms with van der Waals surface area (Å²) >= 11 is 0. The lowest BCUT2D eigenvalue weighted by Gasteiger charge is -2.28. The van der Waals surface area contributed by atoms with Gasteiger partial charge >= 0.3 is 0 Å². The van der Waals surface area contributed by atoms with E-state index in [4.69, 9.17) is 0 Å². The molecule has 1 aliphatic rings. The quantitative estimate of drug-likeness (QED) is 0.801. The van der Waals surface area contributed by atoms with E-state index in [0.717, 1.165) is 17.8 Å². The number of hydrogen-bond acceptors (Lipinski definition) is 1. The first kappa shape index (κ1) is 14.6. The van der Waals surface area contributed by atoms with Gasteiger partial charge in [-0.05, 0) is 42.6 Å². The van der Waals surface area contributed by atoms with Gasteiger partial charge in [0.1, 0.15) is 0 Å². The summed E-state index contributed by atoms with van der Waals surface area (Å²) in [6, 6.07) is 12.2. The van der Waals surface area contributed by atoms with Crippen LogP contribution in [0.4, 0.5) is 0 Å². The van der Waals surface area contributed by atoms with Crippen LogP contribution >= 0.6 is 0 Å². The SMILES string of the molecule is CC(C)CC(NC1CCC(C)C1C)c1ccccc1. The van der Waals surface area contributed by atoms with Gasteiger partial charge in [0.25, 0.3) is 0 Å². The van der Waals surface area contributed by atoms with Crippen LogP contribution in [-0.4, -0.2) is 6.04 Å². The molecule has 0 aromatic heterocycles. The van der Waals surface area contributed by atoms with Crippen LogP contribution in [0.25, 0.3) is 0 Å². The van der Waals surface area contributed by atoms with Crippen LogP contribution in [0.5, 0.6) is 0 Å². The minimum Gasteiger partial charge on any atom is -0.307 e. The second-order valence-electron chi connectivity index (χ2n) is 6.78. The monoisotopic (exact) mass is 259 g/mol. The standard InChI is InChI=1S/C18H29N/c1-13(2)12-18(16-8-6-5-7-9-16)19-17-11-10-14(3)15(17)4/h5-9,13-15,17-19H,10-12H2,1-4H3. The molecule has 4 atom stereocenters. The zero-order valence-electron chi connectivity index (χ0n) is 12.9. The Morgan fingerprint density at radius 3 is 2.32 bits per heavy atom. The summed E-state index contributed by atoms with van der Waals surface area (Å²) in [6.45, 7) is 9.44. The summed E-state index contributed by atoms with van der Waals surface area (Å²) in [6.07, 6.45) is 3.94. The Kier molecular flexibility index (Phi) is 5.04. The zero-order valence-corrected chi connectivity index (χ0v) is 12.9. The van der Waals surface area contributed by atoms with Gasteiger partial charge in [-0.25, -0.2) is 0 Å². The van der Waals surface area contributed by atoms with E-state index in [1.807, 2.05) is 0 Å². The summed E-state index contributed by atoms with van der Waals surface area (Å²) < 4.78 is 0. The average molecular weight is 259 g/mol. The van der Waals surface area contributed by atoms with Gasteiger partial charge in [0.15, 0.2) is 0 Å². The van der Waals surface area contributed by atoms with Crippen LogP contribution in [0.3, 0.4) is 0 Å². The highest BCUT2D eigenvalue weighted by molar-refractivity contribution is 5.19. The van der Waals surface area contributed by atoms with Crippen molar-refractivity contribution in [3.63, 3.8) is 0 Å². The number of benzene rings is 1. The molecule has 1 N–H and O–H groups in total. The van der Waals surface area contributed by atoms with Crippen molar-refractivity contribution in [1.82, 2.24) is 5.32 Å². The van der Waals surface area contributed by atoms with Gasteiger partial charge in [0.2, 0.25) is 0 Å². The third-order valence-electron chi connectivity index (χ3n) is 4.79. The molecule has 1 aromatic rings. The Hall–Kier alpha value is -0.820. The van der Waals surface area contributed by atoms with Crippen LogP contribution in [0.15, 0.2) is 30.3 Å². The predicted molar refractivity (Wildman–Crippen MR) is 83.1 cm³/mol. The molecular formula is C18H29N. The fourth-order valence-corrected chi connectivity index (χ4v) is 3.32. The van der Waals surface area contributed by atoms with Crippen LogP contribution in [0, 0.1) is 17.8 Å². The summed E-state index contributed by atoms with van der Waals surface area (Å²) in [5.74, 6) is 2.40. The van der Waals surface area contributed by atoms with Gasteiger partial charge in [0, 0.05) is 12.1 Å². The maximum atomic E-state index is 3.94. The molecule has 0 bridgehead atoms. The van der Waals surface area contributed by atoms with Gasteiger partial charge in [0.05, 0.1) is 0 Å². The highest BCUT2D eigenvalue weighted by atomic mass is 15.0. The second kappa shape index (κ2) is 6.56. The Bertz CT molecular complexity index is 371. The smallest absolute Gasteiger partial charge is 0.0325 e. The first-order valence-electron chi connectivity index (χ1n) is 7.89. The maximum Gasteiger partial charge on any atom is 0.0325 e. The Balaban J connectivity index is 2.06. The number of rotatable bonds is 5. The van der Waals surface area contributed by atoms with Gasteiger partial charge < -0.3 is 5.32 Å². The van der Waals surface area contributed by atoms with Crippen LogP contribution in [-0.2, 0) is 0 Å². The second-order valence-corrected chi connectivity index (χ2v) is 6.78. The summed E-state index contributed by atoms with van der Waals surface area (Å²) in [5, 5.41) is 3.94. The predicted octanol–water partition coefficient (Wildman–Crippen LogP) is 4.80. The van der Waals surface area contributed by atoms with E-state index in [2.05, 4.69) is 63.3 Å². The molecule has 0 aliphatic heterocycles. The van der Waals surface area contributed by atoms with Gasteiger partial charge in [-0.3, -0.25) is 0 Å². The van der Waals surface area contributed by atoms with Gasteiger partial charge in [-0.2, -0.15) is 0 Å². The maximum absolute atomic E-state index is 3.94. The first-order chi connectivity index (χ1) is 9.08.